The molecule has 2 aromatic carbocycles. The summed E-state index contributed by atoms with van der Waals surface area (Å²) in [6, 6.07) is 10.9. The van der Waals surface area contributed by atoms with E-state index in [-0.39, 0.29) is 12.3 Å². The van der Waals surface area contributed by atoms with Crippen molar-refractivity contribution in [1.29, 1.82) is 0 Å². The summed E-state index contributed by atoms with van der Waals surface area (Å²) in [5.74, 6) is 0.106. The highest BCUT2D eigenvalue weighted by molar-refractivity contribution is 6.43. The molecule has 0 spiro atoms. The lowest BCUT2D eigenvalue weighted by atomic mass is 10.0. The smallest absolute Gasteiger partial charge is 0.361 e. The summed E-state index contributed by atoms with van der Waals surface area (Å²) in [4.78, 5) is 11.7. The molecule has 0 radical (unpaired) electrons. The van der Waals surface area contributed by atoms with Crippen LogP contribution in [0.1, 0.15) is 12.5 Å². The molecule has 2 rings (SSSR count). The zero-order valence-electron chi connectivity index (χ0n) is 11.3. The van der Waals surface area contributed by atoms with Crippen LogP contribution in [0.25, 0.3) is 10.8 Å². The molecule has 0 saturated heterocycles. The Balaban J connectivity index is 2.43. The molecule has 0 aliphatic rings. The maximum atomic E-state index is 11.7. The first-order valence-corrected chi connectivity index (χ1v) is 6.17. The van der Waals surface area contributed by atoms with E-state index in [1.54, 1.807) is 26.2 Å². The number of esters is 1. The van der Waals surface area contributed by atoms with Crippen LogP contribution in [0.15, 0.2) is 41.6 Å². The van der Waals surface area contributed by atoms with Gasteiger partial charge in [0.05, 0.1) is 13.7 Å². The zero-order valence-corrected chi connectivity index (χ0v) is 11.3. The summed E-state index contributed by atoms with van der Waals surface area (Å²) in [6.07, 6.45) is 0. The van der Waals surface area contributed by atoms with Gasteiger partial charge >= 0.3 is 5.97 Å². The van der Waals surface area contributed by atoms with E-state index in [9.17, 15) is 4.79 Å². The van der Waals surface area contributed by atoms with Crippen LogP contribution in [-0.2, 0) is 9.53 Å². The van der Waals surface area contributed by atoms with Crippen LogP contribution in [0, 0.1) is 0 Å². The molecule has 5 heteroatoms. The van der Waals surface area contributed by atoms with Crippen molar-refractivity contribution in [2.45, 2.75) is 6.92 Å². The molecule has 2 aromatic rings. The highest BCUT2D eigenvalue weighted by Gasteiger charge is 2.16. The number of ether oxygens (including phenoxy) is 2. The zero-order chi connectivity index (χ0) is 14.5. The third kappa shape index (κ3) is 2.71. The summed E-state index contributed by atoms with van der Waals surface area (Å²) >= 11 is 0. The SMILES string of the molecule is CCOC(=O)/C(=N/O)c1ccc2cc(OC)ccc2c1. The number of carbonyl (C=O) groups is 1. The predicted octanol–water partition coefficient (Wildman–Crippen LogP) is 2.59. The van der Waals surface area contributed by atoms with Crippen LogP contribution < -0.4 is 4.74 Å². The second kappa shape index (κ2) is 6.06. The first kappa shape index (κ1) is 13.9. The molecule has 0 heterocycles. The number of hydrogen-bond donors (Lipinski definition) is 1. The predicted molar refractivity (Wildman–Crippen MR) is 75.5 cm³/mol. The maximum Gasteiger partial charge on any atom is 0.361 e. The summed E-state index contributed by atoms with van der Waals surface area (Å²) in [6.45, 7) is 1.92. The van der Waals surface area contributed by atoms with Crippen molar-refractivity contribution in [1.82, 2.24) is 0 Å². The quantitative estimate of drug-likeness (QED) is 0.402. The van der Waals surface area contributed by atoms with Gasteiger partial charge in [0.2, 0.25) is 0 Å². The molecular formula is C15H15NO4. The second-order valence-corrected chi connectivity index (χ2v) is 4.10. The van der Waals surface area contributed by atoms with E-state index in [2.05, 4.69) is 5.16 Å². The Kier molecular flexibility index (Phi) is 4.20. The van der Waals surface area contributed by atoms with Crippen molar-refractivity contribution in [2.75, 3.05) is 13.7 Å². The Morgan fingerprint density at radius 3 is 2.55 bits per heavy atom. The van der Waals surface area contributed by atoms with E-state index in [1.165, 1.54) is 0 Å². The van der Waals surface area contributed by atoms with Crippen LogP contribution >= 0.6 is 0 Å². The van der Waals surface area contributed by atoms with Crippen molar-refractivity contribution in [2.24, 2.45) is 5.16 Å². The number of fused-ring (bicyclic) bond motifs is 1. The van der Waals surface area contributed by atoms with Gasteiger partial charge in [-0.2, -0.15) is 0 Å². The van der Waals surface area contributed by atoms with Gasteiger partial charge in [0.25, 0.3) is 0 Å². The van der Waals surface area contributed by atoms with Crippen molar-refractivity contribution in [3.8, 4) is 5.75 Å². The van der Waals surface area contributed by atoms with Crippen LogP contribution in [0.2, 0.25) is 0 Å². The van der Waals surface area contributed by atoms with E-state index in [1.807, 2.05) is 24.3 Å². The Bertz CT molecular complexity index is 664. The van der Waals surface area contributed by atoms with Gasteiger partial charge in [-0.05, 0) is 35.9 Å². The van der Waals surface area contributed by atoms with E-state index in [0.717, 1.165) is 16.5 Å². The number of methoxy groups -OCH3 is 1. The van der Waals surface area contributed by atoms with Gasteiger partial charge in [0, 0.05) is 5.56 Å². The molecule has 5 nitrogen and oxygen atoms in total. The first-order valence-electron chi connectivity index (χ1n) is 6.17. The fraction of sp³-hybridized carbons (Fsp3) is 0.200. The first-order chi connectivity index (χ1) is 9.69. The van der Waals surface area contributed by atoms with Crippen molar-refractivity contribution in [3.63, 3.8) is 0 Å². The summed E-state index contributed by atoms with van der Waals surface area (Å²) in [5, 5.41) is 13.9. The molecular weight excluding hydrogens is 258 g/mol. The van der Waals surface area contributed by atoms with Crippen LogP contribution in [-0.4, -0.2) is 30.6 Å². The van der Waals surface area contributed by atoms with E-state index in [4.69, 9.17) is 14.7 Å². The Morgan fingerprint density at radius 2 is 1.90 bits per heavy atom. The summed E-state index contributed by atoms with van der Waals surface area (Å²) in [7, 11) is 1.60. The minimum Gasteiger partial charge on any atom is -0.497 e. The third-order valence-corrected chi connectivity index (χ3v) is 2.89. The fourth-order valence-electron chi connectivity index (χ4n) is 1.91. The highest BCUT2D eigenvalue weighted by atomic mass is 16.5. The van der Waals surface area contributed by atoms with Crippen molar-refractivity contribution in [3.05, 3.63) is 42.0 Å². The number of hydrogen-bond acceptors (Lipinski definition) is 5. The monoisotopic (exact) mass is 273 g/mol. The van der Waals surface area contributed by atoms with Gasteiger partial charge in [-0.1, -0.05) is 23.4 Å². The van der Waals surface area contributed by atoms with Gasteiger partial charge in [-0.25, -0.2) is 4.79 Å². The minimum absolute atomic E-state index is 0.107. The number of oxime groups is 1. The molecule has 0 aliphatic heterocycles. The number of rotatable bonds is 4. The Labute approximate surface area is 116 Å². The maximum absolute atomic E-state index is 11.7. The average molecular weight is 273 g/mol. The molecule has 0 aliphatic carbocycles. The van der Waals surface area contributed by atoms with Crippen molar-refractivity contribution >= 4 is 22.5 Å². The lowest BCUT2D eigenvalue weighted by Gasteiger charge is -2.07. The Hall–Kier alpha value is -2.56. The molecule has 20 heavy (non-hydrogen) atoms. The highest BCUT2D eigenvalue weighted by Crippen LogP contribution is 2.22. The van der Waals surface area contributed by atoms with Crippen LogP contribution in [0.4, 0.5) is 0 Å². The van der Waals surface area contributed by atoms with Gasteiger partial charge in [0.1, 0.15) is 5.75 Å². The second-order valence-electron chi connectivity index (χ2n) is 4.10. The molecule has 0 atom stereocenters. The minimum atomic E-state index is -0.650. The topological polar surface area (TPSA) is 68.1 Å². The molecule has 0 bridgehead atoms. The normalized spacial score (nSPS) is 11.4. The van der Waals surface area contributed by atoms with Gasteiger partial charge < -0.3 is 14.7 Å². The van der Waals surface area contributed by atoms with Gasteiger partial charge in [0.15, 0.2) is 5.71 Å². The van der Waals surface area contributed by atoms with E-state index in [0.29, 0.717) is 5.56 Å². The van der Waals surface area contributed by atoms with Crippen LogP contribution in [0.5, 0.6) is 5.75 Å². The fourth-order valence-corrected chi connectivity index (χ4v) is 1.91. The largest absolute Gasteiger partial charge is 0.497 e. The molecule has 0 unspecified atom stereocenters. The van der Waals surface area contributed by atoms with Crippen LogP contribution in [0.3, 0.4) is 0 Å². The number of benzene rings is 2. The number of carbonyl (C=O) groups excluding carboxylic acids is 1. The summed E-state index contributed by atoms with van der Waals surface area (Å²) in [5.41, 5.74) is 0.396. The molecule has 0 amide bonds. The lowest BCUT2D eigenvalue weighted by Crippen LogP contribution is -2.18. The third-order valence-electron chi connectivity index (χ3n) is 2.89. The molecule has 0 aromatic heterocycles. The summed E-state index contributed by atoms with van der Waals surface area (Å²) < 4.78 is 10.0. The molecule has 0 fully saturated rings. The van der Waals surface area contributed by atoms with Gasteiger partial charge in [-0.3, -0.25) is 0 Å². The standard InChI is InChI=1S/C15H15NO4/c1-3-20-15(17)14(16-18)12-5-4-11-9-13(19-2)7-6-10(11)8-12/h4-9,18H,3H2,1-2H3/b16-14+. The van der Waals surface area contributed by atoms with Crippen molar-refractivity contribution < 1.29 is 19.5 Å². The van der Waals surface area contributed by atoms with E-state index >= 15 is 0 Å². The molecule has 104 valence electrons. The molecule has 1 N–H and O–H groups in total. The lowest BCUT2D eigenvalue weighted by molar-refractivity contribution is -0.135. The average Bonchev–Trinajstić information content (AvgIpc) is 2.47. The van der Waals surface area contributed by atoms with Gasteiger partial charge in [-0.15, -0.1) is 0 Å². The van der Waals surface area contributed by atoms with E-state index < -0.39 is 5.97 Å². The molecule has 0 saturated carbocycles. The Morgan fingerprint density at radius 1 is 1.20 bits per heavy atom. The number of nitrogens with zero attached hydrogens (tertiary/aromatic N) is 1.